The van der Waals surface area contributed by atoms with Gasteiger partial charge in [-0.25, -0.2) is 4.79 Å². The summed E-state index contributed by atoms with van der Waals surface area (Å²) < 4.78 is 25.0. The molecule has 332 valence electrons. The normalized spacial score (nSPS) is 13.1. The van der Waals surface area contributed by atoms with Gasteiger partial charge in [0.15, 0.2) is 20.5 Å². The third kappa shape index (κ3) is 16.5. The lowest BCUT2D eigenvalue weighted by molar-refractivity contribution is -0.178. The van der Waals surface area contributed by atoms with E-state index >= 15 is 4.79 Å². The number of hydrogen-bond donors (Lipinski definition) is 0. The highest BCUT2D eigenvalue weighted by Gasteiger charge is 2.47. The number of nitrogens with zero attached hydrogens (tertiary/aromatic N) is 1. The van der Waals surface area contributed by atoms with Gasteiger partial charge in [0.2, 0.25) is 0 Å². The van der Waals surface area contributed by atoms with Crippen LogP contribution in [0.4, 0.5) is 0 Å². The van der Waals surface area contributed by atoms with E-state index in [4.69, 9.17) is 18.6 Å². The molecule has 0 aliphatic rings. The minimum Gasteiger partial charge on any atom is -0.461 e. The summed E-state index contributed by atoms with van der Waals surface area (Å²) in [7, 11) is -2.65. The van der Waals surface area contributed by atoms with Crippen LogP contribution in [0, 0.1) is 13.8 Å². The SMILES string of the molecule is Cc1ccc(CCCCCO[C@@H](C(=O)N(CCCCCc2ccc3ccccc3c2)CCC(=O)OCc2ccccc2)[C@@H](O[Si](C)(C)C(C)(C)C)C(=O)OC(C)(C)C)cc1C. The molecule has 0 unspecified atom stereocenters. The Bertz CT molecular complexity index is 2000. The summed E-state index contributed by atoms with van der Waals surface area (Å²) in [6, 6.07) is 31.1. The molecule has 2 atom stereocenters. The van der Waals surface area contributed by atoms with E-state index in [1.165, 1.54) is 33.0 Å². The summed E-state index contributed by atoms with van der Waals surface area (Å²) in [4.78, 5) is 44.1. The van der Waals surface area contributed by atoms with Gasteiger partial charge in [0.05, 0.1) is 6.42 Å². The molecule has 4 aromatic rings. The Morgan fingerprint density at radius 2 is 1.26 bits per heavy atom. The van der Waals surface area contributed by atoms with Gasteiger partial charge in [-0.1, -0.05) is 125 Å². The van der Waals surface area contributed by atoms with Crippen molar-refractivity contribution in [3.8, 4) is 0 Å². The fourth-order valence-corrected chi connectivity index (χ4v) is 8.11. The molecule has 0 spiro atoms. The minimum atomic E-state index is -2.65. The fourth-order valence-electron chi connectivity index (χ4n) is 6.90. The molecule has 1 amide bonds. The average molecular weight is 852 g/mol. The van der Waals surface area contributed by atoms with Gasteiger partial charge in [-0.2, -0.15) is 0 Å². The Morgan fingerprint density at radius 1 is 0.639 bits per heavy atom. The summed E-state index contributed by atoms with van der Waals surface area (Å²) in [6.45, 7) is 21.1. The van der Waals surface area contributed by atoms with E-state index < -0.39 is 38.1 Å². The van der Waals surface area contributed by atoms with Gasteiger partial charge in [0.25, 0.3) is 5.91 Å². The predicted molar refractivity (Wildman–Crippen MR) is 250 cm³/mol. The molecule has 0 aliphatic heterocycles. The molecule has 0 saturated heterocycles. The molecule has 4 aromatic carbocycles. The van der Waals surface area contributed by atoms with Crippen molar-refractivity contribution in [3.63, 3.8) is 0 Å². The van der Waals surface area contributed by atoms with Crippen molar-refractivity contribution in [1.29, 1.82) is 0 Å². The van der Waals surface area contributed by atoms with Crippen LogP contribution in [0.25, 0.3) is 10.8 Å². The second-order valence-electron chi connectivity index (χ2n) is 19.1. The second-order valence-corrected chi connectivity index (χ2v) is 23.8. The van der Waals surface area contributed by atoms with Crippen LogP contribution in [0.3, 0.4) is 0 Å². The van der Waals surface area contributed by atoms with Gasteiger partial charge in [0, 0.05) is 19.7 Å². The molecule has 0 aromatic heterocycles. The topological polar surface area (TPSA) is 91.4 Å². The molecule has 0 aliphatic carbocycles. The maximum Gasteiger partial charge on any atom is 0.337 e. The van der Waals surface area contributed by atoms with Gasteiger partial charge >= 0.3 is 11.9 Å². The Morgan fingerprint density at radius 3 is 1.92 bits per heavy atom. The average Bonchev–Trinajstić information content (AvgIpc) is 3.20. The molecular formula is C52H73NO7Si. The van der Waals surface area contributed by atoms with Crippen molar-refractivity contribution >= 4 is 36.9 Å². The number of benzene rings is 4. The van der Waals surface area contributed by atoms with Crippen LogP contribution >= 0.6 is 0 Å². The largest absolute Gasteiger partial charge is 0.461 e. The summed E-state index contributed by atoms with van der Waals surface area (Å²) in [5, 5.41) is 2.18. The van der Waals surface area contributed by atoms with Crippen LogP contribution in [0.5, 0.6) is 0 Å². The molecule has 0 saturated carbocycles. The lowest BCUT2D eigenvalue weighted by atomic mass is 10.0. The predicted octanol–water partition coefficient (Wildman–Crippen LogP) is 11.7. The summed E-state index contributed by atoms with van der Waals surface area (Å²) in [5.41, 5.74) is 5.22. The highest BCUT2D eigenvalue weighted by Crippen LogP contribution is 2.38. The maximum absolute atomic E-state index is 15.0. The first kappa shape index (κ1) is 49.3. The van der Waals surface area contributed by atoms with Crippen molar-refractivity contribution in [2.75, 3.05) is 19.7 Å². The standard InChI is InChI=1S/C52H73NO7Si/c1-39-28-29-41(36-40(39)2)22-17-13-21-35-57-47(48(50(56)59-51(3,4)5)60-61(9,10)52(6,7)8)49(55)53(34-32-46(54)58-38-43-24-14-11-15-25-43)33-20-12-16-23-42-30-31-44-26-18-19-27-45(44)37-42/h11,14-15,18-19,24-31,36-37,47-48H,12-13,16-17,20-23,32-35,38H2,1-10H3/t47-,48-/m1/s1. The number of fused-ring (bicyclic) bond motifs is 1. The van der Waals surface area contributed by atoms with Crippen LogP contribution in [0.1, 0.15) is 114 Å². The number of carbonyl (C=O) groups excluding carboxylic acids is 3. The summed E-state index contributed by atoms with van der Waals surface area (Å²) in [5.74, 6) is -1.40. The van der Waals surface area contributed by atoms with Crippen molar-refractivity contribution in [3.05, 3.63) is 119 Å². The van der Waals surface area contributed by atoms with E-state index in [9.17, 15) is 9.59 Å². The third-order valence-corrected chi connectivity index (χ3v) is 16.2. The Hall–Kier alpha value is -4.31. The van der Waals surface area contributed by atoms with E-state index in [0.29, 0.717) is 19.4 Å². The number of ether oxygens (including phenoxy) is 3. The highest BCUT2D eigenvalue weighted by molar-refractivity contribution is 6.74. The van der Waals surface area contributed by atoms with Crippen molar-refractivity contribution in [1.82, 2.24) is 4.90 Å². The first-order valence-electron chi connectivity index (χ1n) is 22.4. The third-order valence-electron chi connectivity index (χ3n) is 11.7. The molecule has 61 heavy (non-hydrogen) atoms. The maximum atomic E-state index is 15.0. The Kier molecular flexibility index (Phi) is 18.8. The Balaban J connectivity index is 1.54. The minimum absolute atomic E-state index is 0.00106. The van der Waals surface area contributed by atoms with E-state index in [1.807, 2.05) is 51.1 Å². The van der Waals surface area contributed by atoms with Crippen molar-refractivity contribution in [2.24, 2.45) is 0 Å². The van der Waals surface area contributed by atoms with E-state index in [1.54, 1.807) is 4.90 Å². The zero-order chi connectivity index (χ0) is 44.6. The van der Waals surface area contributed by atoms with Crippen molar-refractivity contribution < 1.29 is 33.0 Å². The van der Waals surface area contributed by atoms with Crippen molar-refractivity contribution in [2.45, 2.75) is 156 Å². The molecular weight excluding hydrogens is 779 g/mol. The molecule has 8 nitrogen and oxygen atoms in total. The molecule has 0 radical (unpaired) electrons. The van der Waals surface area contributed by atoms with Crippen LogP contribution in [-0.2, 0) is 52.5 Å². The first-order chi connectivity index (χ1) is 28.8. The number of rotatable bonds is 23. The van der Waals surface area contributed by atoms with Gasteiger partial charge in [-0.3, -0.25) is 9.59 Å². The van der Waals surface area contributed by atoms with Crippen LogP contribution < -0.4 is 0 Å². The summed E-state index contributed by atoms with van der Waals surface area (Å²) in [6.07, 6.45) is 4.41. The second kappa shape index (κ2) is 23.2. The molecule has 0 bridgehead atoms. The molecule has 0 fully saturated rings. The van der Waals surface area contributed by atoms with Gasteiger partial charge in [0.1, 0.15) is 12.2 Å². The van der Waals surface area contributed by atoms with Gasteiger partial charge < -0.3 is 23.5 Å². The highest BCUT2D eigenvalue weighted by atomic mass is 28.4. The monoisotopic (exact) mass is 852 g/mol. The van der Waals surface area contributed by atoms with Crippen LogP contribution in [0.15, 0.2) is 91.0 Å². The van der Waals surface area contributed by atoms with E-state index in [0.717, 1.165) is 44.1 Å². The molecule has 0 heterocycles. The van der Waals surface area contributed by atoms with Gasteiger partial charge in [-0.15, -0.1) is 0 Å². The number of hydrogen-bond acceptors (Lipinski definition) is 7. The Labute approximate surface area is 367 Å². The fraction of sp³-hybridized carbons (Fsp3) is 0.519. The van der Waals surface area contributed by atoms with E-state index in [-0.39, 0.29) is 37.1 Å². The zero-order valence-corrected chi connectivity index (χ0v) is 39.8. The molecule has 9 heteroatoms. The van der Waals surface area contributed by atoms with Gasteiger partial charge in [-0.05, 0) is 130 Å². The first-order valence-corrected chi connectivity index (χ1v) is 25.3. The number of esters is 2. The zero-order valence-electron chi connectivity index (χ0n) is 38.8. The van der Waals surface area contributed by atoms with Crippen LogP contribution in [-0.4, -0.2) is 68.6 Å². The molecule has 4 rings (SSSR count). The van der Waals surface area contributed by atoms with Crippen LogP contribution in [0.2, 0.25) is 18.1 Å². The lowest BCUT2D eigenvalue weighted by Crippen LogP contribution is -2.57. The summed E-state index contributed by atoms with van der Waals surface area (Å²) >= 11 is 0. The lowest BCUT2D eigenvalue weighted by Gasteiger charge is -2.41. The molecule has 0 N–H and O–H groups in total. The number of carbonyl (C=O) groups is 3. The number of aryl methyl sites for hydroxylation is 4. The number of unbranched alkanes of at least 4 members (excludes halogenated alkanes) is 4. The van der Waals surface area contributed by atoms with E-state index in [2.05, 4.69) is 108 Å². The quantitative estimate of drug-likeness (QED) is 0.0417. The number of amides is 1. The smallest absolute Gasteiger partial charge is 0.337 e.